The maximum absolute atomic E-state index is 13.9. The van der Waals surface area contributed by atoms with Gasteiger partial charge < -0.3 is 5.32 Å². The van der Waals surface area contributed by atoms with E-state index < -0.39 is 11.6 Å². The molecule has 4 heteroatoms. The number of hydrogen-bond donors (Lipinski definition) is 1. The highest BCUT2D eigenvalue weighted by Crippen LogP contribution is 2.30. The Bertz CT molecular complexity index is 599. The van der Waals surface area contributed by atoms with E-state index in [2.05, 4.69) is 21.2 Å². The number of aryl methyl sites for hydroxylation is 1. The van der Waals surface area contributed by atoms with Crippen LogP contribution in [0.25, 0.3) is 0 Å². The van der Waals surface area contributed by atoms with E-state index in [1.165, 1.54) is 12.1 Å². The van der Waals surface area contributed by atoms with E-state index in [4.69, 9.17) is 0 Å². The molecule has 1 unspecified atom stereocenters. The van der Waals surface area contributed by atoms with E-state index >= 15 is 0 Å². The number of hydrogen-bond acceptors (Lipinski definition) is 1. The molecular weight excluding hydrogens is 312 g/mol. The molecule has 0 aliphatic rings. The maximum Gasteiger partial charge on any atom is 0.131 e. The largest absolute Gasteiger partial charge is 0.309 e. The summed E-state index contributed by atoms with van der Waals surface area (Å²) in [6.07, 6.45) is 0. The Morgan fingerprint density at radius 1 is 1.05 bits per heavy atom. The summed E-state index contributed by atoms with van der Waals surface area (Å²) in [5, 5.41) is 3.07. The fraction of sp³-hybridized carbons (Fsp3) is 0.200. The molecule has 0 aliphatic heterocycles. The minimum Gasteiger partial charge on any atom is -0.309 e. The number of rotatable bonds is 3. The van der Waals surface area contributed by atoms with E-state index in [1.54, 1.807) is 7.05 Å². The first-order valence-electron chi connectivity index (χ1n) is 5.91. The summed E-state index contributed by atoms with van der Waals surface area (Å²) in [6.45, 7) is 1.98. The average Bonchev–Trinajstić information content (AvgIpc) is 2.36. The van der Waals surface area contributed by atoms with Crippen LogP contribution in [0.2, 0.25) is 0 Å². The molecule has 0 radical (unpaired) electrons. The monoisotopic (exact) mass is 325 g/mol. The highest BCUT2D eigenvalue weighted by molar-refractivity contribution is 9.10. The van der Waals surface area contributed by atoms with Gasteiger partial charge >= 0.3 is 0 Å². The van der Waals surface area contributed by atoms with E-state index in [0.717, 1.165) is 21.7 Å². The Morgan fingerprint density at radius 3 is 2.42 bits per heavy atom. The quantitative estimate of drug-likeness (QED) is 0.884. The molecule has 1 atom stereocenters. The van der Waals surface area contributed by atoms with Crippen LogP contribution in [0.4, 0.5) is 8.78 Å². The third-order valence-corrected chi connectivity index (χ3v) is 3.75. The molecule has 2 rings (SSSR count). The lowest BCUT2D eigenvalue weighted by molar-refractivity contribution is 0.551. The van der Waals surface area contributed by atoms with Crippen LogP contribution in [0, 0.1) is 18.6 Å². The molecule has 0 saturated heterocycles. The van der Waals surface area contributed by atoms with Crippen molar-refractivity contribution in [3.8, 4) is 0 Å². The van der Waals surface area contributed by atoms with E-state index in [1.807, 2.05) is 25.1 Å². The Morgan fingerprint density at radius 2 is 1.79 bits per heavy atom. The smallest absolute Gasteiger partial charge is 0.131 e. The van der Waals surface area contributed by atoms with Crippen molar-refractivity contribution in [2.24, 2.45) is 0 Å². The zero-order valence-electron chi connectivity index (χ0n) is 10.7. The summed E-state index contributed by atoms with van der Waals surface area (Å²) in [7, 11) is 1.75. The van der Waals surface area contributed by atoms with E-state index in [0.29, 0.717) is 5.56 Å². The van der Waals surface area contributed by atoms with Gasteiger partial charge in [-0.3, -0.25) is 0 Å². The highest BCUT2D eigenvalue weighted by atomic mass is 79.9. The second kappa shape index (κ2) is 5.80. The van der Waals surface area contributed by atoms with Crippen LogP contribution in [0.15, 0.2) is 40.9 Å². The zero-order chi connectivity index (χ0) is 14.0. The van der Waals surface area contributed by atoms with Gasteiger partial charge in [0.2, 0.25) is 0 Å². The van der Waals surface area contributed by atoms with Gasteiger partial charge in [-0.1, -0.05) is 39.7 Å². The highest BCUT2D eigenvalue weighted by Gasteiger charge is 2.19. The maximum atomic E-state index is 13.9. The molecule has 0 amide bonds. The summed E-state index contributed by atoms with van der Waals surface area (Å²) < 4.78 is 27.8. The first-order chi connectivity index (χ1) is 9.02. The molecule has 100 valence electrons. The molecule has 0 saturated carbocycles. The molecule has 19 heavy (non-hydrogen) atoms. The van der Waals surface area contributed by atoms with Crippen LogP contribution in [0.1, 0.15) is 22.7 Å². The molecule has 0 heterocycles. The number of benzene rings is 2. The molecule has 0 bridgehead atoms. The standard InChI is InChI=1S/C15H14BrF2N/c1-9-3-6-13(16)12(7-9)15(19-2)11-5-4-10(17)8-14(11)18/h3-8,15,19H,1-2H3. The minimum atomic E-state index is -0.570. The lowest BCUT2D eigenvalue weighted by atomic mass is 9.97. The van der Waals surface area contributed by atoms with Gasteiger partial charge in [-0.15, -0.1) is 0 Å². The van der Waals surface area contributed by atoms with Crippen molar-refractivity contribution in [3.05, 3.63) is 69.2 Å². The fourth-order valence-electron chi connectivity index (χ4n) is 2.10. The number of halogens is 3. The first kappa shape index (κ1) is 14.2. The van der Waals surface area contributed by atoms with Crippen LogP contribution >= 0.6 is 15.9 Å². The minimum absolute atomic E-state index is 0.324. The fourth-order valence-corrected chi connectivity index (χ4v) is 2.57. The lowest BCUT2D eigenvalue weighted by Crippen LogP contribution is -2.19. The molecule has 0 fully saturated rings. The summed E-state index contributed by atoms with van der Waals surface area (Å²) in [5.41, 5.74) is 2.43. The van der Waals surface area contributed by atoms with Crippen molar-refractivity contribution in [1.29, 1.82) is 0 Å². The van der Waals surface area contributed by atoms with Gasteiger partial charge in [0.15, 0.2) is 0 Å². The average molecular weight is 326 g/mol. The van der Waals surface area contributed by atoms with Gasteiger partial charge in [0, 0.05) is 16.1 Å². The van der Waals surface area contributed by atoms with Gasteiger partial charge in [-0.25, -0.2) is 8.78 Å². The van der Waals surface area contributed by atoms with E-state index in [9.17, 15) is 8.78 Å². The van der Waals surface area contributed by atoms with Crippen LogP contribution in [-0.4, -0.2) is 7.05 Å². The van der Waals surface area contributed by atoms with E-state index in [-0.39, 0.29) is 6.04 Å². The van der Waals surface area contributed by atoms with Crippen LogP contribution in [0.5, 0.6) is 0 Å². The summed E-state index contributed by atoms with van der Waals surface area (Å²) in [5.74, 6) is -1.12. The van der Waals surface area contributed by atoms with Crippen molar-refractivity contribution >= 4 is 15.9 Å². The molecule has 0 aromatic heterocycles. The Hall–Kier alpha value is -1.26. The van der Waals surface area contributed by atoms with Crippen molar-refractivity contribution in [2.45, 2.75) is 13.0 Å². The Balaban J connectivity index is 2.52. The Labute approximate surface area is 119 Å². The number of nitrogens with one attached hydrogen (secondary N) is 1. The van der Waals surface area contributed by atoms with Crippen LogP contribution in [-0.2, 0) is 0 Å². The predicted molar refractivity (Wildman–Crippen MR) is 76.1 cm³/mol. The summed E-state index contributed by atoms with van der Waals surface area (Å²) in [6, 6.07) is 9.21. The SMILES string of the molecule is CNC(c1ccc(F)cc1F)c1cc(C)ccc1Br. The zero-order valence-corrected chi connectivity index (χ0v) is 12.3. The molecule has 2 aromatic carbocycles. The second-order valence-corrected chi connectivity index (χ2v) is 5.27. The molecular formula is C15H14BrF2N. The molecule has 1 nitrogen and oxygen atoms in total. The lowest BCUT2D eigenvalue weighted by Gasteiger charge is -2.20. The second-order valence-electron chi connectivity index (χ2n) is 4.41. The van der Waals surface area contributed by atoms with Crippen LogP contribution < -0.4 is 5.32 Å². The van der Waals surface area contributed by atoms with Crippen molar-refractivity contribution in [2.75, 3.05) is 7.05 Å². The normalized spacial score (nSPS) is 12.5. The predicted octanol–water partition coefficient (Wildman–Crippen LogP) is 4.34. The van der Waals surface area contributed by atoms with Crippen molar-refractivity contribution < 1.29 is 8.78 Å². The van der Waals surface area contributed by atoms with Crippen LogP contribution in [0.3, 0.4) is 0 Å². The van der Waals surface area contributed by atoms with Gasteiger partial charge in [-0.2, -0.15) is 0 Å². The summed E-state index contributed by atoms with van der Waals surface area (Å²) >= 11 is 3.47. The molecule has 1 N–H and O–H groups in total. The molecule has 0 aliphatic carbocycles. The molecule has 0 spiro atoms. The van der Waals surface area contributed by atoms with Gasteiger partial charge in [0.1, 0.15) is 11.6 Å². The molecule has 2 aromatic rings. The third kappa shape index (κ3) is 3.01. The third-order valence-electron chi connectivity index (χ3n) is 3.02. The van der Waals surface area contributed by atoms with Gasteiger partial charge in [-0.05, 0) is 31.7 Å². The Kier molecular flexibility index (Phi) is 4.32. The van der Waals surface area contributed by atoms with Gasteiger partial charge in [0.25, 0.3) is 0 Å². The van der Waals surface area contributed by atoms with Crippen molar-refractivity contribution in [1.82, 2.24) is 5.32 Å². The van der Waals surface area contributed by atoms with Gasteiger partial charge in [0.05, 0.1) is 6.04 Å². The van der Waals surface area contributed by atoms with Crippen molar-refractivity contribution in [3.63, 3.8) is 0 Å². The summed E-state index contributed by atoms with van der Waals surface area (Å²) in [4.78, 5) is 0. The first-order valence-corrected chi connectivity index (χ1v) is 6.70. The topological polar surface area (TPSA) is 12.0 Å².